The monoisotopic (exact) mass is 490 g/mol. The number of nitrogens with zero attached hydrogens (tertiary/aromatic N) is 4. The molecule has 12 heteroatoms. The summed E-state index contributed by atoms with van der Waals surface area (Å²) >= 11 is 0. The summed E-state index contributed by atoms with van der Waals surface area (Å²) in [6.45, 7) is 1.57. The van der Waals surface area contributed by atoms with Crippen LogP contribution in [0.15, 0.2) is 76.8 Å². The minimum Gasteiger partial charge on any atom is -0.493 e. The third-order valence-electron chi connectivity index (χ3n) is 5.25. The fourth-order valence-electron chi connectivity index (χ4n) is 3.45. The molecule has 0 spiro atoms. The van der Waals surface area contributed by atoms with Crippen molar-refractivity contribution in [2.75, 3.05) is 0 Å². The van der Waals surface area contributed by atoms with Crippen molar-refractivity contribution in [1.82, 2.24) is 19.1 Å². The summed E-state index contributed by atoms with van der Waals surface area (Å²) in [7, 11) is -5.54. The van der Waals surface area contributed by atoms with Crippen molar-refractivity contribution >= 4 is 9.84 Å². The predicted molar refractivity (Wildman–Crippen MR) is 116 cm³/mol. The molecule has 176 valence electrons. The van der Waals surface area contributed by atoms with Crippen molar-refractivity contribution in [3.8, 4) is 22.8 Å². The maximum Gasteiger partial charge on any atom is 0.501 e. The summed E-state index contributed by atoms with van der Waals surface area (Å²) in [5.74, 6) is -0.426. The van der Waals surface area contributed by atoms with E-state index in [0.29, 0.717) is 16.8 Å². The van der Waals surface area contributed by atoms with E-state index in [0.717, 1.165) is 28.8 Å². The van der Waals surface area contributed by atoms with Gasteiger partial charge in [-0.3, -0.25) is 14.5 Å². The Morgan fingerprint density at radius 2 is 1.74 bits per heavy atom. The molecule has 4 rings (SSSR count). The molecule has 34 heavy (non-hydrogen) atoms. The van der Waals surface area contributed by atoms with Gasteiger partial charge in [0.15, 0.2) is 0 Å². The molecule has 0 bridgehead atoms. The molecule has 3 heterocycles. The van der Waals surface area contributed by atoms with Gasteiger partial charge in [0.1, 0.15) is 0 Å². The Balaban J connectivity index is 1.75. The molecular formula is C22H17F3N4O4S. The largest absolute Gasteiger partial charge is 0.501 e. The third-order valence-corrected chi connectivity index (χ3v) is 6.76. The van der Waals surface area contributed by atoms with Crippen molar-refractivity contribution in [1.29, 1.82) is 0 Å². The third kappa shape index (κ3) is 3.96. The highest BCUT2D eigenvalue weighted by Crippen LogP contribution is 2.31. The lowest BCUT2D eigenvalue weighted by Crippen LogP contribution is -2.25. The van der Waals surface area contributed by atoms with Crippen molar-refractivity contribution in [3.05, 3.63) is 88.9 Å². The lowest BCUT2D eigenvalue weighted by molar-refractivity contribution is -0.0436. The average molecular weight is 490 g/mol. The van der Waals surface area contributed by atoms with Gasteiger partial charge >= 0.3 is 11.2 Å². The van der Waals surface area contributed by atoms with Gasteiger partial charge in [-0.15, -0.1) is 0 Å². The lowest BCUT2D eigenvalue weighted by Gasteiger charge is -2.10. The van der Waals surface area contributed by atoms with Crippen LogP contribution in [0.2, 0.25) is 0 Å². The topological polar surface area (TPSA) is 107 Å². The lowest BCUT2D eigenvalue weighted by atomic mass is 10.1. The van der Waals surface area contributed by atoms with Crippen LogP contribution in [-0.4, -0.2) is 38.1 Å². The zero-order valence-electron chi connectivity index (χ0n) is 17.6. The molecule has 0 amide bonds. The van der Waals surface area contributed by atoms with E-state index >= 15 is 0 Å². The van der Waals surface area contributed by atoms with Crippen LogP contribution in [0.1, 0.15) is 11.3 Å². The van der Waals surface area contributed by atoms with Crippen LogP contribution in [0, 0.1) is 6.92 Å². The molecule has 0 aliphatic heterocycles. The summed E-state index contributed by atoms with van der Waals surface area (Å²) in [4.78, 5) is 20.6. The second-order valence-electron chi connectivity index (χ2n) is 7.30. The van der Waals surface area contributed by atoms with Gasteiger partial charge < -0.3 is 5.11 Å². The highest BCUT2D eigenvalue weighted by Gasteiger charge is 2.46. The highest BCUT2D eigenvalue weighted by atomic mass is 32.2. The zero-order chi connectivity index (χ0) is 24.7. The number of pyridine rings is 2. The number of hydrogen-bond acceptors (Lipinski definition) is 6. The summed E-state index contributed by atoms with van der Waals surface area (Å²) < 4.78 is 63.7. The van der Waals surface area contributed by atoms with Crippen LogP contribution in [0.25, 0.3) is 16.9 Å². The van der Waals surface area contributed by atoms with Crippen LogP contribution in [0.4, 0.5) is 13.2 Å². The van der Waals surface area contributed by atoms with Crippen molar-refractivity contribution in [2.24, 2.45) is 0 Å². The van der Waals surface area contributed by atoms with E-state index in [1.54, 1.807) is 36.8 Å². The number of alkyl halides is 3. The van der Waals surface area contributed by atoms with E-state index in [4.69, 9.17) is 0 Å². The Bertz CT molecular complexity index is 1510. The van der Waals surface area contributed by atoms with E-state index in [-0.39, 0.29) is 17.9 Å². The Morgan fingerprint density at radius 3 is 2.35 bits per heavy atom. The van der Waals surface area contributed by atoms with Gasteiger partial charge in [-0.2, -0.15) is 13.2 Å². The number of sulfone groups is 1. The molecule has 0 radical (unpaired) electrons. The van der Waals surface area contributed by atoms with E-state index in [1.807, 2.05) is 6.07 Å². The van der Waals surface area contributed by atoms with Gasteiger partial charge in [0.25, 0.3) is 9.84 Å². The van der Waals surface area contributed by atoms with Gasteiger partial charge in [-0.1, -0.05) is 6.07 Å². The number of halogens is 3. The van der Waals surface area contributed by atoms with Crippen LogP contribution in [-0.2, 0) is 16.4 Å². The molecule has 0 aliphatic carbocycles. The highest BCUT2D eigenvalue weighted by molar-refractivity contribution is 7.92. The fourth-order valence-corrected chi connectivity index (χ4v) is 4.21. The Hall–Kier alpha value is -3.93. The molecule has 1 N–H and O–H groups in total. The van der Waals surface area contributed by atoms with Crippen molar-refractivity contribution < 1.29 is 26.7 Å². The molecule has 3 aromatic heterocycles. The average Bonchev–Trinajstić information content (AvgIpc) is 3.02. The first-order valence-corrected chi connectivity index (χ1v) is 11.3. The molecule has 0 atom stereocenters. The second-order valence-corrected chi connectivity index (χ2v) is 9.25. The van der Waals surface area contributed by atoms with E-state index in [2.05, 4.69) is 9.97 Å². The van der Waals surface area contributed by atoms with Gasteiger partial charge in [0, 0.05) is 24.2 Å². The predicted octanol–water partition coefficient (Wildman–Crippen LogP) is 3.45. The summed E-state index contributed by atoms with van der Waals surface area (Å²) in [5.41, 5.74) is -3.88. The molecule has 1 aromatic carbocycles. The number of benzene rings is 1. The van der Waals surface area contributed by atoms with Crippen LogP contribution >= 0.6 is 0 Å². The smallest absolute Gasteiger partial charge is 0.493 e. The molecule has 4 aromatic rings. The SMILES string of the molecule is Cc1c(O)n(-c2ccc(S(=O)(=O)C(F)(F)F)cc2)c(=O)n1Cc1ccncc1-c1ccccn1. The minimum absolute atomic E-state index is 0.00477. The van der Waals surface area contributed by atoms with E-state index in [9.17, 15) is 31.5 Å². The van der Waals surface area contributed by atoms with Crippen molar-refractivity contribution in [3.63, 3.8) is 0 Å². The molecule has 0 unspecified atom stereocenters. The van der Waals surface area contributed by atoms with E-state index < -0.39 is 31.8 Å². The molecule has 0 saturated heterocycles. The standard InChI is InChI=1S/C22H17F3N4O4S/c1-14-20(30)29(16-5-7-17(8-6-16)34(32,33)22(23,24)25)21(31)28(14)13-15-9-11-26-12-18(15)19-4-2-3-10-27-19/h2-12,30H,13H2,1H3. The minimum atomic E-state index is -5.54. The first-order valence-electron chi connectivity index (χ1n) is 9.79. The molecular weight excluding hydrogens is 473 g/mol. The quantitative estimate of drug-likeness (QED) is 0.459. The Morgan fingerprint density at radius 1 is 1.03 bits per heavy atom. The van der Waals surface area contributed by atoms with Gasteiger partial charge in [-0.05, 0) is 55.0 Å². The molecule has 0 saturated carbocycles. The Kier molecular flexibility index (Phi) is 5.77. The first kappa shape index (κ1) is 23.2. The number of hydrogen-bond donors (Lipinski definition) is 1. The van der Waals surface area contributed by atoms with Gasteiger partial charge in [0.2, 0.25) is 5.88 Å². The summed E-state index contributed by atoms with van der Waals surface area (Å²) in [6.07, 6.45) is 4.78. The van der Waals surface area contributed by atoms with Crippen LogP contribution in [0.3, 0.4) is 0 Å². The van der Waals surface area contributed by atoms with Gasteiger partial charge in [0.05, 0.1) is 28.5 Å². The maximum atomic E-state index is 13.1. The van der Waals surface area contributed by atoms with Crippen LogP contribution < -0.4 is 5.69 Å². The number of imidazole rings is 1. The molecule has 0 fully saturated rings. The normalized spacial score (nSPS) is 12.1. The van der Waals surface area contributed by atoms with Gasteiger partial charge in [-0.25, -0.2) is 17.8 Å². The number of aromatic nitrogens is 4. The van der Waals surface area contributed by atoms with Crippen molar-refractivity contribution in [2.45, 2.75) is 23.9 Å². The molecule has 0 aliphatic rings. The zero-order valence-corrected chi connectivity index (χ0v) is 18.4. The Labute approximate surface area is 191 Å². The summed E-state index contributed by atoms with van der Waals surface area (Å²) in [6, 6.07) is 10.6. The van der Waals surface area contributed by atoms with E-state index in [1.165, 1.54) is 11.5 Å². The fraction of sp³-hybridized carbons (Fsp3) is 0.136. The second kappa shape index (κ2) is 8.45. The number of rotatable bonds is 5. The molecule has 8 nitrogen and oxygen atoms in total. The van der Waals surface area contributed by atoms with Crippen LogP contribution in [0.5, 0.6) is 5.88 Å². The first-order chi connectivity index (χ1) is 16.0. The maximum absolute atomic E-state index is 13.1. The summed E-state index contributed by atoms with van der Waals surface area (Å²) in [5, 5.41) is 10.6. The number of aromatic hydroxyl groups is 1.